The number of aromatic nitrogens is 1. The molecule has 3 aromatic carbocycles. The summed E-state index contributed by atoms with van der Waals surface area (Å²) in [5, 5.41) is 2.49. The molecule has 0 spiro atoms. The van der Waals surface area contributed by atoms with E-state index in [2.05, 4.69) is 71.3 Å². The molecule has 0 saturated carbocycles. The summed E-state index contributed by atoms with van der Waals surface area (Å²) in [4.78, 5) is 0. The van der Waals surface area contributed by atoms with E-state index in [0.29, 0.717) is 0 Å². The minimum atomic E-state index is 0.890. The molecule has 4 aromatic rings. The molecule has 0 aliphatic rings. The van der Waals surface area contributed by atoms with Crippen molar-refractivity contribution in [3.05, 3.63) is 70.7 Å². The van der Waals surface area contributed by atoms with Crippen molar-refractivity contribution in [3.63, 3.8) is 0 Å². The standard InChI is InChI=1S/C17H11NS2/c19-17-18(15-7-3-4-8-16(15)20-17)14-10-9-12-5-1-2-6-13(12)11-14/h1-11H. The molecule has 0 unspecified atom stereocenters. The lowest BCUT2D eigenvalue weighted by Crippen LogP contribution is -1.93. The molecule has 0 atom stereocenters. The highest BCUT2D eigenvalue weighted by Crippen LogP contribution is 2.28. The van der Waals surface area contributed by atoms with Gasteiger partial charge in [0.05, 0.1) is 10.2 Å². The minimum absolute atomic E-state index is 0.890. The third-order valence-electron chi connectivity index (χ3n) is 3.48. The summed E-state index contributed by atoms with van der Waals surface area (Å²) >= 11 is 7.20. The number of hydrogen-bond acceptors (Lipinski definition) is 2. The summed E-state index contributed by atoms with van der Waals surface area (Å²) in [7, 11) is 0. The van der Waals surface area contributed by atoms with Gasteiger partial charge in [-0.15, -0.1) is 11.3 Å². The quantitative estimate of drug-likeness (QED) is 0.415. The molecule has 96 valence electrons. The summed E-state index contributed by atoms with van der Waals surface area (Å²) < 4.78 is 4.27. The van der Waals surface area contributed by atoms with E-state index in [4.69, 9.17) is 12.2 Å². The Morgan fingerprint density at radius 3 is 2.45 bits per heavy atom. The molecular weight excluding hydrogens is 282 g/mol. The molecule has 1 nitrogen and oxygen atoms in total. The van der Waals surface area contributed by atoms with Gasteiger partial charge in [0.2, 0.25) is 0 Å². The fourth-order valence-electron chi connectivity index (χ4n) is 2.53. The van der Waals surface area contributed by atoms with Crippen molar-refractivity contribution < 1.29 is 0 Å². The maximum Gasteiger partial charge on any atom is 0.166 e. The van der Waals surface area contributed by atoms with Gasteiger partial charge in [-0.1, -0.05) is 42.5 Å². The molecule has 0 amide bonds. The Morgan fingerprint density at radius 2 is 1.55 bits per heavy atom. The van der Waals surface area contributed by atoms with Gasteiger partial charge in [0.25, 0.3) is 0 Å². The second-order valence-corrected chi connectivity index (χ2v) is 6.38. The second-order valence-electron chi connectivity index (χ2n) is 4.70. The highest BCUT2D eigenvalue weighted by Gasteiger charge is 2.06. The number of fused-ring (bicyclic) bond motifs is 2. The lowest BCUT2D eigenvalue weighted by molar-refractivity contribution is 1.13. The Hall–Kier alpha value is -1.97. The third-order valence-corrected chi connectivity index (χ3v) is 4.83. The van der Waals surface area contributed by atoms with Crippen LogP contribution in [0.4, 0.5) is 0 Å². The zero-order valence-electron chi connectivity index (χ0n) is 10.6. The van der Waals surface area contributed by atoms with E-state index in [-0.39, 0.29) is 0 Å². The van der Waals surface area contributed by atoms with E-state index in [0.717, 1.165) is 9.64 Å². The van der Waals surface area contributed by atoms with Crippen molar-refractivity contribution in [2.24, 2.45) is 0 Å². The van der Waals surface area contributed by atoms with Gasteiger partial charge in [-0.3, -0.25) is 4.57 Å². The van der Waals surface area contributed by atoms with Gasteiger partial charge >= 0.3 is 0 Å². The van der Waals surface area contributed by atoms with Crippen LogP contribution in [0.25, 0.3) is 26.7 Å². The summed E-state index contributed by atoms with van der Waals surface area (Å²) in [5.74, 6) is 0. The average Bonchev–Trinajstić information content (AvgIpc) is 2.82. The van der Waals surface area contributed by atoms with Gasteiger partial charge in [-0.25, -0.2) is 0 Å². The van der Waals surface area contributed by atoms with Crippen molar-refractivity contribution in [2.75, 3.05) is 0 Å². The fraction of sp³-hybridized carbons (Fsp3) is 0. The van der Waals surface area contributed by atoms with Crippen LogP contribution >= 0.6 is 23.6 Å². The first kappa shape index (κ1) is 11.8. The van der Waals surface area contributed by atoms with Gasteiger partial charge < -0.3 is 0 Å². The molecule has 20 heavy (non-hydrogen) atoms. The Kier molecular flexibility index (Phi) is 2.69. The van der Waals surface area contributed by atoms with E-state index >= 15 is 0 Å². The van der Waals surface area contributed by atoms with Crippen LogP contribution in [0, 0.1) is 3.95 Å². The van der Waals surface area contributed by atoms with Gasteiger partial charge in [-0.2, -0.15) is 0 Å². The van der Waals surface area contributed by atoms with E-state index in [1.165, 1.54) is 21.0 Å². The Morgan fingerprint density at radius 1 is 0.800 bits per heavy atom. The van der Waals surface area contributed by atoms with Crippen LogP contribution in [0.5, 0.6) is 0 Å². The third kappa shape index (κ3) is 1.79. The first-order chi connectivity index (χ1) is 9.83. The minimum Gasteiger partial charge on any atom is -0.291 e. The number of thiazole rings is 1. The normalized spacial score (nSPS) is 11.2. The average molecular weight is 293 g/mol. The van der Waals surface area contributed by atoms with Crippen molar-refractivity contribution in [1.29, 1.82) is 0 Å². The van der Waals surface area contributed by atoms with Gasteiger partial charge in [0.15, 0.2) is 3.95 Å². The number of hydrogen-bond donors (Lipinski definition) is 0. The zero-order chi connectivity index (χ0) is 13.5. The predicted molar refractivity (Wildman–Crippen MR) is 89.5 cm³/mol. The predicted octanol–water partition coefficient (Wildman–Crippen LogP) is 5.57. The molecule has 3 heteroatoms. The molecule has 0 radical (unpaired) electrons. The van der Waals surface area contributed by atoms with Crippen LogP contribution in [0.2, 0.25) is 0 Å². The van der Waals surface area contributed by atoms with E-state index in [1.54, 1.807) is 11.3 Å². The van der Waals surface area contributed by atoms with Gasteiger partial charge in [0.1, 0.15) is 0 Å². The maximum atomic E-state index is 5.54. The SMILES string of the molecule is S=c1sc2ccccc2n1-c1ccc2ccccc2c1. The van der Waals surface area contributed by atoms with E-state index < -0.39 is 0 Å². The monoisotopic (exact) mass is 293 g/mol. The highest BCUT2D eigenvalue weighted by atomic mass is 32.1. The fourth-order valence-corrected chi connectivity index (χ4v) is 3.89. The molecule has 0 bridgehead atoms. The lowest BCUT2D eigenvalue weighted by Gasteiger charge is -2.06. The van der Waals surface area contributed by atoms with Crippen molar-refractivity contribution in [2.45, 2.75) is 0 Å². The van der Waals surface area contributed by atoms with Gasteiger partial charge in [0, 0.05) is 5.69 Å². The zero-order valence-corrected chi connectivity index (χ0v) is 12.2. The van der Waals surface area contributed by atoms with Crippen LogP contribution in [0.1, 0.15) is 0 Å². The molecule has 1 heterocycles. The summed E-state index contributed by atoms with van der Waals surface area (Å²) in [6, 6.07) is 23.2. The molecule has 0 saturated heterocycles. The topological polar surface area (TPSA) is 4.93 Å². The Balaban J connectivity index is 2.06. The van der Waals surface area contributed by atoms with E-state index in [1.807, 2.05) is 0 Å². The summed E-state index contributed by atoms with van der Waals surface area (Å²) in [6.45, 7) is 0. The van der Waals surface area contributed by atoms with Crippen LogP contribution in [-0.2, 0) is 0 Å². The van der Waals surface area contributed by atoms with Crippen molar-refractivity contribution in [1.82, 2.24) is 4.57 Å². The molecular formula is C17H11NS2. The number of rotatable bonds is 1. The molecule has 0 aliphatic heterocycles. The smallest absolute Gasteiger partial charge is 0.166 e. The van der Waals surface area contributed by atoms with Crippen LogP contribution in [-0.4, -0.2) is 4.57 Å². The molecule has 0 N–H and O–H groups in total. The van der Waals surface area contributed by atoms with E-state index in [9.17, 15) is 0 Å². The summed E-state index contributed by atoms with van der Waals surface area (Å²) in [6.07, 6.45) is 0. The van der Waals surface area contributed by atoms with Crippen molar-refractivity contribution >= 4 is 44.5 Å². The molecule has 0 aliphatic carbocycles. The maximum absolute atomic E-state index is 5.54. The number of benzene rings is 3. The highest BCUT2D eigenvalue weighted by molar-refractivity contribution is 7.73. The molecule has 4 rings (SSSR count). The Labute approximate surface area is 125 Å². The second kappa shape index (κ2) is 4.54. The first-order valence-electron chi connectivity index (χ1n) is 6.43. The Bertz CT molecular complexity index is 979. The van der Waals surface area contributed by atoms with Crippen LogP contribution < -0.4 is 0 Å². The van der Waals surface area contributed by atoms with Crippen LogP contribution in [0.15, 0.2) is 66.7 Å². The van der Waals surface area contributed by atoms with Gasteiger partial charge in [-0.05, 0) is 47.3 Å². The van der Waals surface area contributed by atoms with Crippen LogP contribution in [0.3, 0.4) is 0 Å². The first-order valence-corrected chi connectivity index (χ1v) is 7.65. The number of nitrogens with zero attached hydrogens (tertiary/aromatic N) is 1. The van der Waals surface area contributed by atoms with Crippen molar-refractivity contribution in [3.8, 4) is 5.69 Å². The summed E-state index contributed by atoms with van der Waals surface area (Å²) in [5.41, 5.74) is 2.31. The largest absolute Gasteiger partial charge is 0.291 e. The number of para-hydroxylation sites is 1. The lowest BCUT2D eigenvalue weighted by atomic mass is 10.1. The molecule has 0 fully saturated rings. The molecule has 1 aromatic heterocycles.